The second-order valence-electron chi connectivity index (χ2n) is 5.25. The van der Waals surface area contributed by atoms with Gasteiger partial charge in [0.05, 0.1) is 11.1 Å². The second kappa shape index (κ2) is 5.17. The summed E-state index contributed by atoms with van der Waals surface area (Å²) in [5.41, 5.74) is 1.01. The number of nitrogens with one attached hydrogen (secondary N) is 1. The molecule has 1 aromatic rings. The van der Waals surface area contributed by atoms with Crippen LogP contribution in [0.5, 0.6) is 5.75 Å². The Morgan fingerprint density at radius 3 is 2.83 bits per heavy atom. The van der Waals surface area contributed by atoms with Crippen LogP contribution in [0.4, 0.5) is 4.39 Å². The van der Waals surface area contributed by atoms with Crippen LogP contribution in [0.2, 0.25) is 0 Å². The molecular weight excluding hydrogens is 297 g/mol. The summed E-state index contributed by atoms with van der Waals surface area (Å²) in [5.74, 6) is 1.72. The molecular formula is C14H17BrFNO. The van der Waals surface area contributed by atoms with E-state index < -0.39 is 0 Å². The highest BCUT2D eigenvalue weighted by molar-refractivity contribution is 9.10. The molecule has 2 aliphatic rings. The van der Waals surface area contributed by atoms with E-state index in [1.807, 2.05) is 0 Å². The number of rotatable bonds is 4. The molecule has 0 bridgehead atoms. The molecule has 0 spiro atoms. The minimum atomic E-state index is -0.192. The van der Waals surface area contributed by atoms with Crippen molar-refractivity contribution in [1.29, 1.82) is 0 Å². The summed E-state index contributed by atoms with van der Waals surface area (Å²) >= 11 is 3.43. The lowest BCUT2D eigenvalue weighted by Gasteiger charge is -2.17. The number of hydrogen-bond acceptors (Lipinski definition) is 2. The predicted molar refractivity (Wildman–Crippen MR) is 72.5 cm³/mol. The van der Waals surface area contributed by atoms with Gasteiger partial charge in [-0.15, -0.1) is 0 Å². The van der Waals surface area contributed by atoms with Crippen molar-refractivity contribution in [2.75, 3.05) is 19.7 Å². The van der Waals surface area contributed by atoms with E-state index in [1.54, 1.807) is 6.07 Å². The number of benzene rings is 1. The standard InChI is InChI=1S/C14H17BrFNO/c15-13-6-11(16)5-12(10-3-4-17-7-10)14(13)18-8-9-1-2-9/h5-6,9-10,17H,1-4,7-8H2. The summed E-state index contributed by atoms with van der Waals surface area (Å²) in [6.07, 6.45) is 3.58. The lowest BCUT2D eigenvalue weighted by molar-refractivity contribution is 0.293. The van der Waals surface area contributed by atoms with Gasteiger partial charge >= 0.3 is 0 Å². The number of ether oxygens (including phenoxy) is 1. The molecule has 3 rings (SSSR count). The minimum absolute atomic E-state index is 0.192. The SMILES string of the molecule is Fc1cc(Br)c(OCC2CC2)c(C2CCNC2)c1. The van der Waals surface area contributed by atoms with Crippen molar-refractivity contribution in [3.63, 3.8) is 0 Å². The van der Waals surface area contributed by atoms with Crippen LogP contribution in [0, 0.1) is 11.7 Å². The van der Waals surface area contributed by atoms with Gasteiger partial charge in [0.25, 0.3) is 0 Å². The van der Waals surface area contributed by atoms with E-state index in [1.165, 1.54) is 18.9 Å². The fraction of sp³-hybridized carbons (Fsp3) is 0.571. The highest BCUT2D eigenvalue weighted by Crippen LogP contribution is 2.39. The van der Waals surface area contributed by atoms with Gasteiger partial charge in [0.1, 0.15) is 11.6 Å². The van der Waals surface area contributed by atoms with Crippen molar-refractivity contribution < 1.29 is 9.13 Å². The molecule has 0 amide bonds. The van der Waals surface area contributed by atoms with Crippen LogP contribution in [0.15, 0.2) is 16.6 Å². The van der Waals surface area contributed by atoms with Crippen molar-refractivity contribution in [3.8, 4) is 5.75 Å². The molecule has 2 nitrogen and oxygen atoms in total. The summed E-state index contributed by atoms with van der Waals surface area (Å²) < 4.78 is 20.2. The van der Waals surface area contributed by atoms with E-state index in [4.69, 9.17) is 4.74 Å². The Hall–Kier alpha value is -0.610. The quantitative estimate of drug-likeness (QED) is 0.919. The first-order chi connectivity index (χ1) is 8.74. The summed E-state index contributed by atoms with van der Waals surface area (Å²) in [5, 5.41) is 3.32. The molecule has 1 N–H and O–H groups in total. The number of hydrogen-bond donors (Lipinski definition) is 1. The van der Waals surface area contributed by atoms with Gasteiger partial charge in [0, 0.05) is 18.0 Å². The molecule has 98 valence electrons. The Bertz CT molecular complexity index is 442. The third-order valence-electron chi connectivity index (χ3n) is 3.70. The normalized spacial score (nSPS) is 23.3. The number of halogens is 2. The Balaban J connectivity index is 1.86. The van der Waals surface area contributed by atoms with Crippen molar-refractivity contribution in [1.82, 2.24) is 5.32 Å². The maximum absolute atomic E-state index is 13.6. The third-order valence-corrected chi connectivity index (χ3v) is 4.29. The first-order valence-electron chi connectivity index (χ1n) is 6.56. The molecule has 4 heteroatoms. The van der Waals surface area contributed by atoms with Crippen molar-refractivity contribution in [3.05, 3.63) is 28.0 Å². The topological polar surface area (TPSA) is 21.3 Å². The summed E-state index contributed by atoms with van der Waals surface area (Å²) in [6, 6.07) is 3.12. The largest absolute Gasteiger partial charge is 0.492 e. The first-order valence-corrected chi connectivity index (χ1v) is 7.36. The van der Waals surface area contributed by atoms with Crippen LogP contribution < -0.4 is 10.1 Å². The molecule has 1 heterocycles. The van der Waals surface area contributed by atoms with Gasteiger partial charge in [0.2, 0.25) is 0 Å². The predicted octanol–water partition coefficient (Wildman–Crippen LogP) is 3.45. The molecule has 0 radical (unpaired) electrons. The van der Waals surface area contributed by atoms with Crippen LogP contribution in [0.1, 0.15) is 30.7 Å². The summed E-state index contributed by atoms with van der Waals surface area (Å²) in [7, 11) is 0. The lowest BCUT2D eigenvalue weighted by atomic mass is 9.97. The molecule has 1 atom stereocenters. The van der Waals surface area contributed by atoms with E-state index in [0.29, 0.717) is 11.8 Å². The smallest absolute Gasteiger partial charge is 0.137 e. The van der Waals surface area contributed by atoms with Gasteiger partial charge in [-0.25, -0.2) is 4.39 Å². The molecule has 1 saturated heterocycles. The van der Waals surface area contributed by atoms with Gasteiger partial charge in [-0.2, -0.15) is 0 Å². The van der Waals surface area contributed by atoms with Gasteiger partial charge < -0.3 is 10.1 Å². The molecule has 0 aromatic heterocycles. The molecule has 2 fully saturated rings. The van der Waals surface area contributed by atoms with E-state index in [9.17, 15) is 4.39 Å². The van der Waals surface area contributed by atoms with Crippen molar-refractivity contribution in [2.24, 2.45) is 5.92 Å². The Labute approximate surface area is 115 Å². The Morgan fingerprint density at radius 1 is 1.33 bits per heavy atom. The Morgan fingerprint density at radius 2 is 2.17 bits per heavy atom. The maximum Gasteiger partial charge on any atom is 0.137 e. The highest BCUT2D eigenvalue weighted by atomic mass is 79.9. The molecule has 1 saturated carbocycles. The maximum atomic E-state index is 13.6. The summed E-state index contributed by atoms with van der Waals surface area (Å²) in [6.45, 7) is 2.67. The van der Waals surface area contributed by atoms with Crippen LogP contribution in [0.25, 0.3) is 0 Å². The van der Waals surface area contributed by atoms with Crippen LogP contribution in [0.3, 0.4) is 0 Å². The van der Waals surface area contributed by atoms with Gasteiger partial charge in [-0.05, 0) is 59.8 Å². The van der Waals surface area contributed by atoms with E-state index in [0.717, 1.165) is 41.9 Å². The highest BCUT2D eigenvalue weighted by Gasteiger charge is 2.26. The fourth-order valence-electron chi connectivity index (χ4n) is 2.44. The molecule has 1 aliphatic heterocycles. The lowest BCUT2D eigenvalue weighted by Crippen LogP contribution is -2.10. The summed E-state index contributed by atoms with van der Waals surface area (Å²) in [4.78, 5) is 0. The Kier molecular flexibility index (Phi) is 3.57. The molecule has 1 aromatic carbocycles. The second-order valence-corrected chi connectivity index (χ2v) is 6.10. The van der Waals surface area contributed by atoms with E-state index in [-0.39, 0.29) is 5.82 Å². The average Bonchev–Trinajstić information content (AvgIpc) is 3.00. The van der Waals surface area contributed by atoms with Gasteiger partial charge in [-0.3, -0.25) is 0 Å². The first kappa shape index (κ1) is 12.4. The van der Waals surface area contributed by atoms with E-state index >= 15 is 0 Å². The zero-order valence-electron chi connectivity index (χ0n) is 10.2. The van der Waals surface area contributed by atoms with Crippen molar-refractivity contribution >= 4 is 15.9 Å². The fourth-order valence-corrected chi connectivity index (χ4v) is 3.00. The van der Waals surface area contributed by atoms with Crippen molar-refractivity contribution in [2.45, 2.75) is 25.2 Å². The monoisotopic (exact) mass is 313 g/mol. The van der Waals surface area contributed by atoms with Crippen LogP contribution in [-0.2, 0) is 0 Å². The zero-order chi connectivity index (χ0) is 12.5. The van der Waals surface area contributed by atoms with Crippen LogP contribution >= 0.6 is 15.9 Å². The van der Waals surface area contributed by atoms with E-state index in [2.05, 4.69) is 21.2 Å². The van der Waals surface area contributed by atoms with Gasteiger partial charge in [-0.1, -0.05) is 0 Å². The third kappa shape index (κ3) is 2.69. The average molecular weight is 314 g/mol. The minimum Gasteiger partial charge on any atom is -0.492 e. The van der Waals surface area contributed by atoms with Gasteiger partial charge in [0.15, 0.2) is 0 Å². The molecule has 1 aliphatic carbocycles. The molecule has 18 heavy (non-hydrogen) atoms. The van der Waals surface area contributed by atoms with Crippen LogP contribution in [-0.4, -0.2) is 19.7 Å². The zero-order valence-corrected chi connectivity index (χ0v) is 11.8. The molecule has 1 unspecified atom stereocenters.